The molecule has 1 unspecified atom stereocenters. The van der Waals surface area contributed by atoms with E-state index >= 15 is 0 Å². The number of nitrogens with one attached hydrogen (secondary N) is 1. The van der Waals surface area contributed by atoms with Gasteiger partial charge in [0.15, 0.2) is 11.6 Å². The van der Waals surface area contributed by atoms with E-state index in [1.807, 2.05) is 25.1 Å². The molecule has 0 bridgehead atoms. The van der Waals surface area contributed by atoms with E-state index in [4.69, 9.17) is 23.2 Å². The van der Waals surface area contributed by atoms with Crippen molar-refractivity contribution < 1.29 is 4.39 Å². The Labute approximate surface area is 114 Å². The second-order valence-corrected chi connectivity index (χ2v) is 4.47. The minimum atomic E-state index is -0.557. The van der Waals surface area contributed by atoms with Crippen LogP contribution in [0.5, 0.6) is 0 Å². The molecule has 0 spiro atoms. The Morgan fingerprint density at radius 1 is 1.28 bits per heavy atom. The summed E-state index contributed by atoms with van der Waals surface area (Å²) in [5.41, 5.74) is 0.855. The molecule has 0 radical (unpaired) electrons. The molecule has 1 heterocycles. The van der Waals surface area contributed by atoms with Crippen LogP contribution in [0.3, 0.4) is 0 Å². The van der Waals surface area contributed by atoms with Gasteiger partial charge in [-0.3, -0.25) is 0 Å². The summed E-state index contributed by atoms with van der Waals surface area (Å²) in [7, 11) is 0. The summed E-state index contributed by atoms with van der Waals surface area (Å²) in [5, 5.41) is 3.51. The molecule has 1 atom stereocenters. The fraction of sp³-hybridized carbons (Fsp3) is 0.167. The van der Waals surface area contributed by atoms with E-state index in [0.29, 0.717) is 5.02 Å². The number of hydrogen-bond acceptors (Lipinski definition) is 3. The number of benzene rings is 1. The summed E-state index contributed by atoms with van der Waals surface area (Å²) in [6.07, 6.45) is 1.02. The van der Waals surface area contributed by atoms with Gasteiger partial charge in [0, 0.05) is 5.02 Å². The Hall–Kier alpha value is -1.39. The van der Waals surface area contributed by atoms with E-state index in [1.165, 1.54) is 0 Å². The molecule has 1 aromatic carbocycles. The monoisotopic (exact) mass is 285 g/mol. The molecule has 0 amide bonds. The number of hydrogen-bond donors (Lipinski definition) is 1. The van der Waals surface area contributed by atoms with Crippen molar-refractivity contribution in [1.82, 2.24) is 9.97 Å². The quantitative estimate of drug-likeness (QED) is 0.863. The zero-order chi connectivity index (χ0) is 13.1. The minimum absolute atomic E-state index is 0.00902. The molecular weight excluding hydrogens is 276 g/mol. The van der Waals surface area contributed by atoms with Crippen molar-refractivity contribution >= 4 is 29.0 Å². The lowest BCUT2D eigenvalue weighted by Gasteiger charge is -2.16. The summed E-state index contributed by atoms with van der Waals surface area (Å²) < 4.78 is 13.5. The molecule has 0 aliphatic heterocycles. The van der Waals surface area contributed by atoms with Gasteiger partial charge in [-0.05, 0) is 30.2 Å². The van der Waals surface area contributed by atoms with Crippen LogP contribution in [-0.2, 0) is 0 Å². The Balaban J connectivity index is 2.24. The average Bonchev–Trinajstić information content (AvgIpc) is 2.34. The molecule has 0 aliphatic rings. The smallest absolute Gasteiger partial charge is 0.224 e. The molecule has 0 saturated carbocycles. The molecule has 1 aromatic heterocycles. The highest BCUT2D eigenvalue weighted by Crippen LogP contribution is 2.26. The summed E-state index contributed by atoms with van der Waals surface area (Å²) in [6.45, 7) is 1.86. The normalized spacial score (nSPS) is 12.2. The van der Waals surface area contributed by atoms with E-state index in [-0.39, 0.29) is 17.1 Å². The second-order valence-electron chi connectivity index (χ2n) is 3.72. The molecule has 0 fully saturated rings. The van der Waals surface area contributed by atoms with E-state index in [2.05, 4.69) is 15.3 Å². The Morgan fingerprint density at radius 2 is 2.00 bits per heavy atom. The molecule has 0 saturated heterocycles. The second kappa shape index (κ2) is 5.50. The van der Waals surface area contributed by atoms with Crippen LogP contribution in [0.1, 0.15) is 18.5 Å². The Morgan fingerprint density at radius 3 is 2.72 bits per heavy atom. The van der Waals surface area contributed by atoms with Crippen LogP contribution < -0.4 is 5.32 Å². The van der Waals surface area contributed by atoms with Gasteiger partial charge < -0.3 is 5.32 Å². The van der Waals surface area contributed by atoms with E-state index in [9.17, 15) is 4.39 Å². The van der Waals surface area contributed by atoms with Gasteiger partial charge >= 0.3 is 0 Å². The van der Waals surface area contributed by atoms with E-state index in [0.717, 1.165) is 11.8 Å². The van der Waals surface area contributed by atoms with E-state index < -0.39 is 5.82 Å². The largest absolute Gasteiger partial charge is 0.361 e. The SMILES string of the molecule is CC(Nc1nc(Cl)ncc1F)c1ccccc1Cl. The highest BCUT2D eigenvalue weighted by atomic mass is 35.5. The van der Waals surface area contributed by atoms with Crippen LogP contribution in [0.15, 0.2) is 30.5 Å². The van der Waals surface area contributed by atoms with Crippen LogP contribution in [0, 0.1) is 5.82 Å². The third kappa shape index (κ3) is 2.89. The first kappa shape index (κ1) is 13.1. The van der Waals surface area contributed by atoms with Crippen molar-refractivity contribution in [1.29, 1.82) is 0 Å². The molecular formula is C12H10Cl2FN3. The Bertz CT molecular complexity index is 563. The first-order valence-electron chi connectivity index (χ1n) is 5.27. The maximum atomic E-state index is 13.5. The maximum Gasteiger partial charge on any atom is 0.224 e. The van der Waals surface area contributed by atoms with Gasteiger partial charge in [-0.1, -0.05) is 29.8 Å². The van der Waals surface area contributed by atoms with Crippen molar-refractivity contribution in [3.8, 4) is 0 Å². The Kier molecular flexibility index (Phi) is 3.99. The number of nitrogens with zero attached hydrogens (tertiary/aromatic N) is 2. The molecule has 2 rings (SSSR count). The van der Waals surface area contributed by atoms with Crippen LogP contribution in [0.4, 0.5) is 10.2 Å². The molecule has 2 aromatic rings. The highest BCUT2D eigenvalue weighted by Gasteiger charge is 2.13. The van der Waals surface area contributed by atoms with Crippen molar-refractivity contribution in [2.75, 3.05) is 5.32 Å². The van der Waals surface area contributed by atoms with E-state index in [1.54, 1.807) is 6.07 Å². The number of anilines is 1. The minimum Gasteiger partial charge on any atom is -0.361 e. The molecule has 94 valence electrons. The number of halogens is 3. The summed E-state index contributed by atoms with van der Waals surface area (Å²) in [4.78, 5) is 7.34. The molecule has 0 aliphatic carbocycles. The summed E-state index contributed by atoms with van der Waals surface area (Å²) in [5.74, 6) is -0.499. The predicted molar refractivity (Wildman–Crippen MR) is 70.5 cm³/mol. The molecule has 1 N–H and O–H groups in total. The van der Waals surface area contributed by atoms with Crippen molar-refractivity contribution in [2.24, 2.45) is 0 Å². The third-order valence-electron chi connectivity index (χ3n) is 2.44. The van der Waals surface area contributed by atoms with Gasteiger partial charge in [0.1, 0.15) is 0 Å². The zero-order valence-corrected chi connectivity index (χ0v) is 11.0. The van der Waals surface area contributed by atoms with Crippen LogP contribution in [-0.4, -0.2) is 9.97 Å². The standard InChI is InChI=1S/C12H10Cl2FN3/c1-7(8-4-2-3-5-9(8)13)17-11-10(15)6-16-12(14)18-11/h2-7H,1H3,(H,16,17,18). The topological polar surface area (TPSA) is 37.8 Å². The van der Waals surface area contributed by atoms with Crippen LogP contribution in [0.25, 0.3) is 0 Å². The van der Waals surface area contributed by atoms with Crippen molar-refractivity contribution in [3.63, 3.8) is 0 Å². The lowest BCUT2D eigenvalue weighted by molar-refractivity contribution is 0.613. The lowest BCUT2D eigenvalue weighted by atomic mass is 10.1. The first-order valence-corrected chi connectivity index (χ1v) is 6.02. The van der Waals surface area contributed by atoms with Gasteiger partial charge in [-0.2, -0.15) is 4.98 Å². The van der Waals surface area contributed by atoms with Crippen LogP contribution >= 0.6 is 23.2 Å². The van der Waals surface area contributed by atoms with Gasteiger partial charge in [0.25, 0.3) is 0 Å². The fourth-order valence-corrected chi connectivity index (χ4v) is 1.99. The number of rotatable bonds is 3. The van der Waals surface area contributed by atoms with Crippen molar-refractivity contribution in [2.45, 2.75) is 13.0 Å². The maximum absolute atomic E-state index is 13.5. The summed E-state index contributed by atoms with van der Waals surface area (Å²) >= 11 is 11.7. The molecule has 3 nitrogen and oxygen atoms in total. The van der Waals surface area contributed by atoms with Crippen molar-refractivity contribution in [3.05, 3.63) is 52.1 Å². The number of aromatic nitrogens is 2. The van der Waals surface area contributed by atoms with Gasteiger partial charge in [-0.15, -0.1) is 0 Å². The van der Waals surface area contributed by atoms with Gasteiger partial charge in [0.05, 0.1) is 12.2 Å². The third-order valence-corrected chi connectivity index (χ3v) is 2.97. The lowest BCUT2D eigenvalue weighted by Crippen LogP contribution is -2.10. The predicted octanol–water partition coefficient (Wildman–Crippen LogP) is 4.10. The average molecular weight is 286 g/mol. The zero-order valence-electron chi connectivity index (χ0n) is 9.49. The van der Waals surface area contributed by atoms with Gasteiger partial charge in [-0.25, -0.2) is 9.37 Å². The fourth-order valence-electron chi connectivity index (χ4n) is 1.56. The first-order chi connectivity index (χ1) is 8.58. The molecule has 18 heavy (non-hydrogen) atoms. The molecule has 6 heteroatoms. The summed E-state index contributed by atoms with van der Waals surface area (Å²) in [6, 6.07) is 7.14. The highest BCUT2D eigenvalue weighted by molar-refractivity contribution is 6.31. The van der Waals surface area contributed by atoms with Gasteiger partial charge in [0.2, 0.25) is 5.28 Å². The van der Waals surface area contributed by atoms with Crippen LogP contribution in [0.2, 0.25) is 10.3 Å².